The molecule has 3 rings (SSSR count). The van der Waals surface area contributed by atoms with E-state index in [1.54, 1.807) is 0 Å². The summed E-state index contributed by atoms with van der Waals surface area (Å²) in [5.74, 6) is 1.59. The number of hydrogen-bond acceptors (Lipinski definition) is 3. The number of hydrogen-bond donors (Lipinski definition) is 1. The van der Waals surface area contributed by atoms with Crippen molar-refractivity contribution >= 4 is 11.5 Å². The molecule has 3 aromatic rings. The van der Waals surface area contributed by atoms with Gasteiger partial charge in [-0.25, -0.2) is 0 Å². The fraction of sp³-hybridized carbons (Fsp3) is 0.200. The van der Waals surface area contributed by atoms with Crippen LogP contribution in [0.1, 0.15) is 17.0 Å². The van der Waals surface area contributed by atoms with Gasteiger partial charge in [0.25, 0.3) is 0 Å². The molecule has 0 aliphatic heterocycles. The summed E-state index contributed by atoms with van der Waals surface area (Å²) in [6.45, 7) is 2.11. The van der Waals surface area contributed by atoms with Gasteiger partial charge >= 0.3 is 0 Å². The number of aromatic nitrogens is 3. The van der Waals surface area contributed by atoms with Crippen LogP contribution in [0, 0.1) is 6.92 Å². The second-order valence-electron chi connectivity index (χ2n) is 4.75. The van der Waals surface area contributed by atoms with Gasteiger partial charge in [0, 0.05) is 6.42 Å². The van der Waals surface area contributed by atoms with E-state index in [9.17, 15) is 0 Å². The second kappa shape index (κ2) is 4.72. The Morgan fingerprint density at radius 1 is 1.05 bits per heavy atom. The quantitative estimate of drug-likeness (QED) is 0.778. The molecule has 19 heavy (non-hydrogen) atoms. The summed E-state index contributed by atoms with van der Waals surface area (Å²) >= 11 is 0. The van der Waals surface area contributed by atoms with E-state index in [0.29, 0.717) is 5.82 Å². The normalized spacial score (nSPS) is 11.0. The Kier molecular flexibility index (Phi) is 2.91. The van der Waals surface area contributed by atoms with Crippen LogP contribution in [-0.4, -0.2) is 14.6 Å². The first-order chi connectivity index (χ1) is 9.24. The van der Waals surface area contributed by atoms with Crippen molar-refractivity contribution in [2.24, 2.45) is 0 Å². The SMILES string of the molecule is Cc1cccc(CCc2nnc3cccc(N)n23)c1. The molecule has 96 valence electrons. The van der Waals surface area contributed by atoms with E-state index in [0.717, 1.165) is 24.3 Å². The number of benzene rings is 1. The summed E-state index contributed by atoms with van der Waals surface area (Å²) in [5, 5.41) is 8.37. The number of pyridine rings is 1. The van der Waals surface area contributed by atoms with Crippen LogP contribution >= 0.6 is 0 Å². The van der Waals surface area contributed by atoms with Crippen LogP contribution in [0.3, 0.4) is 0 Å². The number of fused-ring (bicyclic) bond motifs is 1. The lowest BCUT2D eigenvalue weighted by Gasteiger charge is -2.04. The third kappa shape index (κ3) is 2.29. The van der Waals surface area contributed by atoms with Crippen molar-refractivity contribution in [3.8, 4) is 0 Å². The van der Waals surface area contributed by atoms with Gasteiger partial charge in [-0.3, -0.25) is 4.40 Å². The van der Waals surface area contributed by atoms with Crippen molar-refractivity contribution in [3.05, 3.63) is 59.4 Å². The molecule has 0 unspecified atom stereocenters. The van der Waals surface area contributed by atoms with Gasteiger partial charge in [0.1, 0.15) is 11.6 Å². The van der Waals surface area contributed by atoms with Crippen molar-refractivity contribution in [1.82, 2.24) is 14.6 Å². The van der Waals surface area contributed by atoms with E-state index in [2.05, 4.69) is 41.4 Å². The number of nitrogen functional groups attached to an aromatic ring is 1. The Bertz CT molecular complexity index is 715. The standard InChI is InChI=1S/C15H16N4/c1-11-4-2-5-12(10-11)8-9-15-18-17-14-7-3-6-13(16)19(14)15/h2-7,10H,8-9,16H2,1H3. The molecule has 0 atom stereocenters. The molecule has 2 N–H and O–H groups in total. The van der Waals surface area contributed by atoms with Crippen LogP contribution in [0.25, 0.3) is 5.65 Å². The molecule has 0 aliphatic carbocycles. The predicted octanol–water partition coefficient (Wildman–Crippen LogP) is 2.41. The lowest BCUT2D eigenvalue weighted by atomic mass is 10.1. The van der Waals surface area contributed by atoms with E-state index in [4.69, 9.17) is 5.73 Å². The van der Waals surface area contributed by atoms with Crippen molar-refractivity contribution in [1.29, 1.82) is 0 Å². The summed E-state index contributed by atoms with van der Waals surface area (Å²) in [4.78, 5) is 0. The maximum atomic E-state index is 5.98. The molecule has 4 nitrogen and oxygen atoms in total. The van der Waals surface area contributed by atoms with Crippen LogP contribution in [0.2, 0.25) is 0 Å². The van der Waals surface area contributed by atoms with Gasteiger partial charge in [-0.2, -0.15) is 0 Å². The zero-order valence-corrected chi connectivity index (χ0v) is 10.9. The molecule has 0 bridgehead atoms. The van der Waals surface area contributed by atoms with E-state index in [1.807, 2.05) is 22.6 Å². The zero-order chi connectivity index (χ0) is 13.2. The van der Waals surface area contributed by atoms with Gasteiger partial charge < -0.3 is 5.73 Å². The number of aryl methyl sites for hydroxylation is 3. The molecular formula is C15H16N4. The fourth-order valence-corrected chi connectivity index (χ4v) is 2.31. The Morgan fingerprint density at radius 2 is 1.89 bits per heavy atom. The number of anilines is 1. The van der Waals surface area contributed by atoms with Gasteiger partial charge in [-0.15, -0.1) is 10.2 Å². The molecule has 0 spiro atoms. The predicted molar refractivity (Wildman–Crippen MR) is 76.0 cm³/mol. The highest BCUT2D eigenvalue weighted by Crippen LogP contribution is 2.13. The Balaban J connectivity index is 1.86. The highest BCUT2D eigenvalue weighted by Gasteiger charge is 2.07. The zero-order valence-electron chi connectivity index (χ0n) is 10.9. The highest BCUT2D eigenvalue weighted by molar-refractivity contribution is 5.47. The largest absolute Gasteiger partial charge is 0.385 e. The van der Waals surface area contributed by atoms with E-state index >= 15 is 0 Å². The first-order valence-electron chi connectivity index (χ1n) is 6.38. The summed E-state index contributed by atoms with van der Waals surface area (Å²) < 4.78 is 1.91. The first kappa shape index (κ1) is 11.7. The van der Waals surface area contributed by atoms with Gasteiger partial charge in [0.05, 0.1) is 0 Å². The molecule has 0 radical (unpaired) electrons. The molecule has 0 amide bonds. The summed E-state index contributed by atoms with van der Waals surface area (Å²) in [6.07, 6.45) is 1.77. The third-order valence-electron chi connectivity index (χ3n) is 3.25. The van der Waals surface area contributed by atoms with Crippen LogP contribution in [-0.2, 0) is 12.8 Å². The summed E-state index contributed by atoms with van der Waals surface area (Å²) in [6, 6.07) is 14.2. The Hall–Kier alpha value is -2.36. The molecular weight excluding hydrogens is 236 g/mol. The molecule has 0 aliphatic rings. The Morgan fingerprint density at radius 3 is 2.74 bits per heavy atom. The molecule has 1 aromatic carbocycles. The van der Waals surface area contributed by atoms with Gasteiger partial charge in [-0.05, 0) is 31.0 Å². The lowest BCUT2D eigenvalue weighted by molar-refractivity contribution is 0.841. The summed E-state index contributed by atoms with van der Waals surface area (Å²) in [7, 11) is 0. The van der Waals surface area contributed by atoms with E-state index < -0.39 is 0 Å². The molecule has 4 heteroatoms. The minimum absolute atomic E-state index is 0.682. The maximum Gasteiger partial charge on any atom is 0.162 e. The van der Waals surface area contributed by atoms with E-state index in [-0.39, 0.29) is 0 Å². The number of nitrogens with two attached hydrogens (primary N) is 1. The van der Waals surface area contributed by atoms with E-state index in [1.165, 1.54) is 11.1 Å². The van der Waals surface area contributed by atoms with Crippen molar-refractivity contribution in [2.45, 2.75) is 19.8 Å². The van der Waals surface area contributed by atoms with Crippen molar-refractivity contribution in [2.75, 3.05) is 5.73 Å². The second-order valence-corrected chi connectivity index (χ2v) is 4.75. The van der Waals surface area contributed by atoms with Gasteiger partial charge in [0.15, 0.2) is 5.65 Å². The van der Waals surface area contributed by atoms with Gasteiger partial charge in [0.2, 0.25) is 0 Å². The van der Waals surface area contributed by atoms with Crippen LogP contribution in [0.4, 0.5) is 5.82 Å². The van der Waals surface area contributed by atoms with Crippen molar-refractivity contribution in [3.63, 3.8) is 0 Å². The molecule has 0 saturated heterocycles. The lowest BCUT2D eigenvalue weighted by Crippen LogP contribution is -2.02. The average Bonchev–Trinajstić information content (AvgIpc) is 2.81. The monoisotopic (exact) mass is 252 g/mol. The minimum Gasteiger partial charge on any atom is -0.385 e. The third-order valence-corrected chi connectivity index (χ3v) is 3.25. The smallest absolute Gasteiger partial charge is 0.162 e. The molecule has 0 fully saturated rings. The van der Waals surface area contributed by atoms with Crippen LogP contribution < -0.4 is 5.73 Å². The summed E-state index contributed by atoms with van der Waals surface area (Å²) in [5.41, 5.74) is 9.37. The number of nitrogens with zero attached hydrogens (tertiary/aromatic N) is 3. The highest BCUT2D eigenvalue weighted by atomic mass is 15.3. The molecule has 2 aromatic heterocycles. The number of rotatable bonds is 3. The maximum absolute atomic E-state index is 5.98. The van der Waals surface area contributed by atoms with Gasteiger partial charge in [-0.1, -0.05) is 35.9 Å². The first-order valence-corrected chi connectivity index (χ1v) is 6.38. The van der Waals surface area contributed by atoms with Crippen molar-refractivity contribution < 1.29 is 0 Å². The van der Waals surface area contributed by atoms with Crippen LogP contribution in [0.15, 0.2) is 42.5 Å². The Labute approximate surface area is 111 Å². The minimum atomic E-state index is 0.682. The fourth-order valence-electron chi connectivity index (χ4n) is 2.31. The average molecular weight is 252 g/mol. The topological polar surface area (TPSA) is 56.2 Å². The molecule has 0 saturated carbocycles. The molecule has 2 heterocycles. The van der Waals surface area contributed by atoms with Crippen LogP contribution in [0.5, 0.6) is 0 Å².